The Morgan fingerprint density at radius 3 is 2.75 bits per heavy atom. The van der Waals surface area contributed by atoms with Gasteiger partial charge in [-0.3, -0.25) is 4.55 Å². The number of rotatable bonds is 4. The Bertz CT molecular complexity index is 488. The van der Waals surface area contributed by atoms with Gasteiger partial charge in [0, 0.05) is 12.5 Å². The van der Waals surface area contributed by atoms with E-state index in [1.54, 1.807) is 6.92 Å². The molecule has 0 aliphatic heterocycles. The lowest BCUT2D eigenvalue weighted by atomic mass is 10.3. The monoisotopic (exact) mass is 247 g/mol. The van der Waals surface area contributed by atoms with Gasteiger partial charge in [0.1, 0.15) is 11.2 Å². The van der Waals surface area contributed by atoms with E-state index < -0.39 is 10.1 Å². The number of hydrogen-bond acceptors (Lipinski definition) is 4. The van der Waals surface area contributed by atoms with Crippen LogP contribution in [-0.2, 0) is 10.1 Å². The summed E-state index contributed by atoms with van der Waals surface area (Å²) in [6, 6.07) is 0.863. The molecule has 1 atom stereocenters. The van der Waals surface area contributed by atoms with E-state index in [0.717, 1.165) is 18.5 Å². The SMILES string of the molecule is CCC(C)[N+]([O-])=Cc1cc(S(=O)(=O)O)co1. The van der Waals surface area contributed by atoms with Gasteiger partial charge in [-0.15, -0.1) is 0 Å². The first kappa shape index (κ1) is 12.7. The first-order valence-electron chi connectivity index (χ1n) is 4.71. The molecule has 1 heterocycles. The highest BCUT2D eigenvalue weighted by molar-refractivity contribution is 7.85. The highest BCUT2D eigenvalue weighted by Gasteiger charge is 2.15. The Hall–Kier alpha value is -1.34. The fourth-order valence-corrected chi connectivity index (χ4v) is 1.40. The van der Waals surface area contributed by atoms with Crippen LogP contribution in [-0.4, -0.2) is 30.0 Å². The molecule has 0 saturated carbocycles. The molecule has 90 valence electrons. The van der Waals surface area contributed by atoms with E-state index in [2.05, 4.69) is 0 Å². The van der Waals surface area contributed by atoms with Gasteiger partial charge in [-0.05, 0) is 6.92 Å². The highest BCUT2D eigenvalue weighted by Crippen LogP contribution is 2.12. The Morgan fingerprint density at radius 1 is 1.69 bits per heavy atom. The van der Waals surface area contributed by atoms with Gasteiger partial charge in [0.05, 0.1) is 0 Å². The summed E-state index contributed by atoms with van der Waals surface area (Å²) in [5.41, 5.74) is 0. The zero-order chi connectivity index (χ0) is 12.3. The van der Waals surface area contributed by atoms with Gasteiger partial charge in [-0.1, -0.05) is 6.92 Å². The predicted octanol–water partition coefficient (Wildman–Crippen LogP) is 1.25. The van der Waals surface area contributed by atoms with Gasteiger partial charge in [0.25, 0.3) is 10.1 Å². The van der Waals surface area contributed by atoms with Crippen LogP contribution < -0.4 is 0 Å². The van der Waals surface area contributed by atoms with Crippen LogP contribution in [0.3, 0.4) is 0 Å². The summed E-state index contributed by atoms with van der Waals surface area (Å²) in [5.74, 6) is 0.0860. The van der Waals surface area contributed by atoms with Crippen molar-refractivity contribution in [2.24, 2.45) is 0 Å². The molecule has 1 rings (SSSR count). The third-order valence-corrected chi connectivity index (χ3v) is 2.98. The molecule has 0 amide bonds. The topological polar surface area (TPSA) is 93.6 Å². The molecule has 0 aliphatic carbocycles. The molecule has 0 aliphatic rings. The van der Waals surface area contributed by atoms with E-state index in [1.807, 2.05) is 6.92 Å². The van der Waals surface area contributed by atoms with Crippen molar-refractivity contribution < 1.29 is 22.1 Å². The fraction of sp³-hybridized carbons (Fsp3) is 0.444. The van der Waals surface area contributed by atoms with Crippen LogP contribution in [0.15, 0.2) is 21.6 Å². The van der Waals surface area contributed by atoms with Crippen molar-refractivity contribution >= 4 is 16.3 Å². The normalized spacial score (nSPS) is 15.1. The van der Waals surface area contributed by atoms with Crippen LogP contribution >= 0.6 is 0 Å². The van der Waals surface area contributed by atoms with Gasteiger partial charge < -0.3 is 9.62 Å². The average molecular weight is 247 g/mol. The number of furan rings is 1. The maximum atomic E-state index is 11.4. The highest BCUT2D eigenvalue weighted by atomic mass is 32.2. The first-order chi connectivity index (χ1) is 7.34. The van der Waals surface area contributed by atoms with E-state index in [4.69, 9.17) is 8.97 Å². The molecule has 1 N–H and O–H groups in total. The molecule has 6 nitrogen and oxygen atoms in total. The minimum Gasteiger partial charge on any atom is -0.624 e. The van der Waals surface area contributed by atoms with Crippen LogP contribution in [0.4, 0.5) is 0 Å². The summed E-state index contributed by atoms with van der Waals surface area (Å²) in [6.07, 6.45) is 2.68. The van der Waals surface area contributed by atoms with E-state index in [0.29, 0.717) is 11.2 Å². The quantitative estimate of drug-likeness (QED) is 0.284. The van der Waals surface area contributed by atoms with E-state index in [9.17, 15) is 13.6 Å². The zero-order valence-corrected chi connectivity index (χ0v) is 9.77. The molecule has 1 aromatic heterocycles. The largest absolute Gasteiger partial charge is 0.624 e. The Balaban J connectivity index is 2.96. The molecule has 0 saturated heterocycles. The maximum absolute atomic E-state index is 11.4. The molecule has 0 radical (unpaired) electrons. The van der Waals surface area contributed by atoms with Crippen molar-refractivity contribution in [2.45, 2.75) is 31.2 Å². The summed E-state index contributed by atoms with van der Waals surface area (Å²) in [6.45, 7) is 3.59. The van der Waals surface area contributed by atoms with E-state index in [-0.39, 0.29) is 16.7 Å². The lowest BCUT2D eigenvalue weighted by Crippen LogP contribution is -2.17. The summed E-state index contributed by atoms with van der Waals surface area (Å²) in [5, 5.41) is 11.4. The van der Waals surface area contributed by atoms with Crippen molar-refractivity contribution in [3.05, 3.63) is 23.3 Å². The Kier molecular flexibility index (Phi) is 3.71. The lowest BCUT2D eigenvalue weighted by molar-refractivity contribution is -0.492. The minimum absolute atomic E-state index is 0.0860. The van der Waals surface area contributed by atoms with Crippen LogP contribution in [0, 0.1) is 5.21 Å². The lowest BCUT2D eigenvalue weighted by Gasteiger charge is -2.08. The standard InChI is InChI=1S/C9H13NO5S/c1-3-7(2)10(11)5-8-4-9(6-15-8)16(12,13)14/h4-7H,3H2,1-2H3,(H,12,13,14). The predicted molar refractivity (Wildman–Crippen MR) is 57.1 cm³/mol. The van der Waals surface area contributed by atoms with Crippen LogP contribution in [0.2, 0.25) is 0 Å². The van der Waals surface area contributed by atoms with Gasteiger partial charge in [0.2, 0.25) is 6.21 Å². The molecule has 1 aromatic rings. The number of hydroxylamine groups is 1. The van der Waals surface area contributed by atoms with Crippen molar-refractivity contribution in [3.63, 3.8) is 0 Å². The smallest absolute Gasteiger partial charge is 0.297 e. The number of hydrogen-bond donors (Lipinski definition) is 1. The van der Waals surface area contributed by atoms with Crippen LogP contribution in [0.5, 0.6) is 0 Å². The summed E-state index contributed by atoms with van der Waals surface area (Å²) < 4.78 is 35.6. The summed E-state index contributed by atoms with van der Waals surface area (Å²) in [4.78, 5) is -0.365. The molecular formula is C9H13NO5S. The number of nitrogens with zero attached hydrogens (tertiary/aromatic N) is 1. The molecule has 0 aromatic carbocycles. The second-order valence-electron chi connectivity index (χ2n) is 3.41. The van der Waals surface area contributed by atoms with Crippen molar-refractivity contribution in [1.29, 1.82) is 0 Å². The molecule has 0 spiro atoms. The summed E-state index contributed by atoms with van der Waals surface area (Å²) >= 11 is 0. The third kappa shape index (κ3) is 3.07. The summed E-state index contributed by atoms with van der Waals surface area (Å²) in [7, 11) is -4.28. The molecule has 1 unspecified atom stereocenters. The van der Waals surface area contributed by atoms with Crippen molar-refractivity contribution in [3.8, 4) is 0 Å². The second kappa shape index (κ2) is 4.67. The van der Waals surface area contributed by atoms with Gasteiger partial charge >= 0.3 is 0 Å². The van der Waals surface area contributed by atoms with Gasteiger partial charge in [-0.2, -0.15) is 8.42 Å². The molecule has 16 heavy (non-hydrogen) atoms. The van der Waals surface area contributed by atoms with E-state index in [1.165, 1.54) is 0 Å². The minimum atomic E-state index is -4.28. The third-order valence-electron chi connectivity index (χ3n) is 2.17. The first-order valence-corrected chi connectivity index (χ1v) is 6.15. The van der Waals surface area contributed by atoms with E-state index >= 15 is 0 Å². The molecule has 0 bridgehead atoms. The van der Waals surface area contributed by atoms with Crippen molar-refractivity contribution in [2.75, 3.05) is 0 Å². The second-order valence-corrected chi connectivity index (χ2v) is 4.83. The maximum Gasteiger partial charge on any atom is 0.297 e. The zero-order valence-electron chi connectivity index (χ0n) is 8.95. The Labute approximate surface area is 93.5 Å². The van der Waals surface area contributed by atoms with Gasteiger partial charge in [0.15, 0.2) is 11.8 Å². The Morgan fingerprint density at radius 2 is 2.31 bits per heavy atom. The molecular weight excluding hydrogens is 234 g/mol. The molecule has 0 fully saturated rings. The average Bonchev–Trinajstić information content (AvgIpc) is 2.64. The van der Waals surface area contributed by atoms with Crippen LogP contribution in [0.25, 0.3) is 0 Å². The molecule has 7 heteroatoms. The van der Waals surface area contributed by atoms with Crippen molar-refractivity contribution in [1.82, 2.24) is 0 Å². The van der Waals surface area contributed by atoms with Crippen LogP contribution in [0.1, 0.15) is 26.0 Å². The fourth-order valence-electron chi connectivity index (χ4n) is 0.970. The van der Waals surface area contributed by atoms with Gasteiger partial charge in [-0.25, -0.2) is 4.74 Å².